The smallest absolute Gasteiger partial charge is 0.252 e. The van der Waals surface area contributed by atoms with Gasteiger partial charge in [-0.3, -0.25) is 9.59 Å². The fourth-order valence-corrected chi connectivity index (χ4v) is 1.89. The lowest BCUT2D eigenvalue weighted by Crippen LogP contribution is -2.46. The third-order valence-corrected chi connectivity index (χ3v) is 2.98. The highest BCUT2D eigenvalue weighted by Gasteiger charge is 2.20. The van der Waals surface area contributed by atoms with Gasteiger partial charge in [0, 0.05) is 24.3 Å². The largest absolute Gasteiger partial charge is 0.399 e. The molecular weight excluding hydrogens is 261 g/mol. The molecule has 0 radical (unpaired) electrons. The molecule has 0 saturated heterocycles. The molecule has 20 heavy (non-hydrogen) atoms. The van der Waals surface area contributed by atoms with E-state index in [4.69, 9.17) is 5.73 Å². The highest BCUT2D eigenvalue weighted by atomic mass is 19.1. The Balaban J connectivity index is 2.77. The minimum absolute atomic E-state index is 0.0988. The number of nitrogen functional groups attached to an aromatic ring is 1. The van der Waals surface area contributed by atoms with E-state index in [0.29, 0.717) is 13.1 Å². The summed E-state index contributed by atoms with van der Waals surface area (Å²) < 4.78 is 13.2. The van der Waals surface area contributed by atoms with Gasteiger partial charge in [0.05, 0.1) is 0 Å². The molecule has 0 aliphatic heterocycles. The zero-order chi connectivity index (χ0) is 15.3. The molecule has 1 atom stereocenters. The molecule has 0 saturated carbocycles. The van der Waals surface area contributed by atoms with E-state index in [1.54, 1.807) is 11.8 Å². The average Bonchev–Trinajstić information content (AvgIpc) is 2.38. The first-order valence-corrected chi connectivity index (χ1v) is 6.54. The van der Waals surface area contributed by atoms with E-state index in [-0.39, 0.29) is 17.2 Å². The molecular formula is C14H20FN3O2. The van der Waals surface area contributed by atoms with Crippen molar-refractivity contribution in [3.05, 3.63) is 29.6 Å². The van der Waals surface area contributed by atoms with Crippen LogP contribution in [0.5, 0.6) is 0 Å². The van der Waals surface area contributed by atoms with Crippen molar-refractivity contribution >= 4 is 17.5 Å². The standard InChI is InChI=1S/C14H20FN3O2/c1-4-18(5-2)14(20)9(3)17-13(19)10-6-11(15)8-12(16)7-10/h6-9H,4-5,16H2,1-3H3,(H,17,19). The van der Waals surface area contributed by atoms with Crippen molar-refractivity contribution in [2.75, 3.05) is 18.8 Å². The number of benzene rings is 1. The minimum Gasteiger partial charge on any atom is -0.399 e. The second-order valence-electron chi connectivity index (χ2n) is 4.48. The van der Waals surface area contributed by atoms with Gasteiger partial charge in [0.2, 0.25) is 5.91 Å². The number of hydrogen-bond acceptors (Lipinski definition) is 3. The Labute approximate surface area is 117 Å². The molecule has 5 nitrogen and oxygen atoms in total. The Morgan fingerprint density at radius 2 is 1.90 bits per heavy atom. The van der Waals surface area contributed by atoms with Crippen molar-refractivity contribution < 1.29 is 14.0 Å². The van der Waals surface area contributed by atoms with Gasteiger partial charge in [-0.25, -0.2) is 4.39 Å². The topological polar surface area (TPSA) is 75.4 Å². The second-order valence-corrected chi connectivity index (χ2v) is 4.48. The van der Waals surface area contributed by atoms with Gasteiger partial charge in [-0.2, -0.15) is 0 Å². The number of likely N-dealkylation sites (N-methyl/N-ethyl adjacent to an activating group) is 1. The van der Waals surface area contributed by atoms with Crippen molar-refractivity contribution in [1.82, 2.24) is 10.2 Å². The van der Waals surface area contributed by atoms with E-state index in [1.165, 1.54) is 6.07 Å². The summed E-state index contributed by atoms with van der Waals surface area (Å²) in [7, 11) is 0. The highest BCUT2D eigenvalue weighted by Crippen LogP contribution is 2.11. The highest BCUT2D eigenvalue weighted by molar-refractivity contribution is 5.98. The van der Waals surface area contributed by atoms with Crippen LogP contribution >= 0.6 is 0 Å². The van der Waals surface area contributed by atoms with Crippen LogP contribution in [-0.4, -0.2) is 35.8 Å². The summed E-state index contributed by atoms with van der Waals surface area (Å²) in [5.74, 6) is -1.28. The van der Waals surface area contributed by atoms with Crippen molar-refractivity contribution in [3.63, 3.8) is 0 Å². The minimum atomic E-state index is -0.674. The van der Waals surface area contributed by atoms with Crippen LogP contribution in [0.3, 0.4) is 0 Å². The van der Waals surface area contributed by atoms with Crippen LogP contribution in [0.25, 0.3) is 0 Å². The molecule has 0 aliphatic rings. The molecule has 3 N–H and O–H groups in total. The molecule has 0 bridgehead atoms. The Bertz CT molecular complexity index is 481. The van der Waals surface area contributed by atoms with Crippen LogP contribution in [0, 0.1) is 5.82 Å². The summed E-state index contributed by atoms with van der Waals surface area (Å²) in [4.78, 5) is 25.6. The number of halogens is 1. The van der Waals surface area contributed by atoms with Crippen LogP contribution in [-0.2, 0) is 4.79 Å². The van der Waals surface area contributed by atoms with E-state index in [0.717, 1.165) is 12.1 Å². The van der Waals surface area contributed by atoms with Crippen LogP contribution in [0.1, 0.15) is 31.1 Å². The van der Waals surface area contributed by atoms with Crippen molar-refractivity contribution in [2.45, 2.75) is 26.8 Å². The fourth-order valence-electron chi connectivity index (χ4n) is 1.89. The molecule has 1 aromatic rings. The number of rotatable bonds is 5. The Hall–Kier alpha value is -2.11. The number of nitrogens with zero attached hydrogens (tertiary/aromatic N) is 1. The number of amides is 2. The maximum Gasteiger partial charge on any atom is 0.252 e. The Morgan fingerprint density at radius 3 is 2.40 bits per heavy atom. The molecule has 0 spiro atoms. The van der Waals surface area contributed by atoms with E-state index < -0.39 is 17.8 Å². The third kappa shape index (κ3) is 3.94. The summed E-state index contributed by atoms with van der Waals surface area (Å²) in [6, 6.07) is 2.90. The SMILES string of the molecule is CCN(CC)C(=O)C(C)NC(=O)c1cc(N)cc(F)c1. The number of anilines is 1. The monoisotopic (exact) mass is 281 g/mol. The molecule has 110 valence electrons. The number of nitrogens with one attached hydrogen (secondary N) is 1. The first-order valence-electron chi connectivity index (χ1n) is 6.54. The predicted octanol–water partition coefficient (Wildman–Crippen LogP) is 1.39. The average molecular weight is 281 g/mol. The van der Waals surface area contributed by atoms with Crippen LogP contribution < -0.4 is 11.1 Å². The molecule has 1 aromatic carbocycles. The van der Waals surface area contributed by atoms with Crippen molar-refractivity contribution in [1.29, 1.82) is 0 Å². The molecule has 0 heterocycles. The van der Waals surface area contributed by atoms with E-state index in [1.807, 2.05) is 13.8 Å². The molecule has 1 rings (SSSR count). The maximum absolute atomic E-state index is 13.2. The van der Waals surface area contributed by atoms with Crippen LogP contribution in [0.4, 0.5) is 10.1 Å². The van der Waals surface area contributed by atoms with Gasteiger partial charge >= 0.3 is 0 Å². The van der Waals surface area contributed by atoms with Gasteiger partial charge in [-0.1, -0.05) is 0 Å². The second kappa shape index (κ2) is 6.88. The molecule has 0 aliphatic carbocycles. The fraction of sp³-hybridized carbons (Fsp3) is 0.429. The van der Waals surface area contributed by atoms with Gasteiger partial charge in [-0.15, -0.1) is 0 Å². The lowest BCUT2D eigenvalue weighted by molar-refractivity contribution is -0.132. The molecule has 0 fully saturated rings. The van der Waals surface area contributed by atoms with Crippen LogP contribution in [0.15, 0.2) is 18.2 Å². The Morgan fingerprint density at radius 1 is 1.30 bits per heavy atom. The first-order chi connectivity index (χ1) is 9.38. The number of carbonyl (C=O) groups is 2. The maximum atomic E-state index is 13.2. The molecule has 2 amide bonds. The normalized spacial score (nSPS) is 11.8. The molecule has 0 aromatic heterocycles. The van der Waals surface area contributed by atoms with E-state index >= 15 is 0 Å². The van der Waals surface area contributed by atoms with Gasteiger partial charge in [0.1, 0.15) is 11.9 Å². The Kier molecular flexibility index (Phi) is 5.49. The van der Waals surface area contributed by atoms with Gasteiger partial charge in [-0.05, 0) is 39.0 Å². The van der Waals surface area contributed by atoms with Crippen molar-refractivity contribution in [2.24, 2.45) is 0 Å². The van der Waals surface area contributed by atoms with Gasteiger partial charge < -0.3 is 16.0 Å². The quantitative estimate of drug-likeness (QED) is 0.801. The number of carbonyl (C=O) groups excluding carboxylic acids is 2. The molecule has 6 heteroatoms. The summed E-state index contributed by atoms with van der Waals surface area (Å²) >= 11 is 0. The number of nitrogens with two attached hydrogens (primary N) is 1. The van der Waals surface area contributed by atoms with Gasteiger partial charge in [0.25, 0.3) is 5.91 Å². The lowest BCUT2D eigenvalue weighted by Gasteiger charge is -2.23. The first kappa shape index (κ1) is 15.9. The summed E-state index contributed by atoms with van der Waals surface area (Å²) in [6.45, 7) is 6.47. The van der Waals surface area contributed by atoms with Crippen LogP contribution in [0.2, 0.25) is 0 Å². The number of hydrogen-bond donors (Lipinski definition) is 2. The third-order valence-electron chi connectivity index (χ3n) is 2.98. The molecule has 1 unspecified atom stereocenters. The van der Waals surface area contributed by atoms with E-state index in [2.05, 4.69) is 5.32 Å². The predicted molar refractivity (Wildman–Crippen MR) is 75.7 cm³/mol. The zero-order valence-corrected chi connectivity index (χ0v) is 11.9. The summed E-state index contributed by atoms with van der Waals surface area (Å²) in [5.41, 5.74) is 5.75. The zero-order valence-electron chi connectivity index (χ0n) is 11.9. The van der Waals surface area contributed by atoms with Gasteiger partial charge in [0.15, 0.2) is 0 Å². The summed E-state index contributed by atoms with van der Waals surface area (Å²) in [5, 5.41) is 2.55. The summed E-state index contributed by atoms with van der Waals surface area (Å²) in [6.07, 6.45) is 0. The van der Waals surface area contributed by atoms with E-state index in [9.17, 15) is 14.0 Å². The lowest BCUT2D eigenvalue weighted by atomic mass is 10.1. The van der Waals surface area contributed by atoms with Crippen molar-refractivity contribution in [3.8, 4) is 0 Å².